The Morgan fingerprint density at radius 2 is 2.11 bits per heavy atom. The van der Waals surface area contributed by atoms with Gasteiger partial charge in [-0.05, 0) is 39.0 Å². The summed E-state index contributed by atoms with van der Waals surface area (Å²) < 4.78 is 22.7. The van der Waals surface area contributed by atoms with Crippen LogP contribution in [0.2, 0.25) is 0 Å². The van der Waals surface area contributed by atoms with Gasteiger partial charge >= 0.3 is 0 Å². The van der Waals surface area contributed by atoms with Crippen LogP contribution in [0.1, 0.15) is 32.8 Å². The van der Waals surface area contributed by atoms with E-state index in [2.05, 4.69) is 20.3 Å². The van der Waals surface area contributed by atoms with Gasteiger partial charge in [-0.15, -0.1) is 0 Å². The highest BCUT2D eigenvalue weighted by molar-refractivity contribution is 9.10. The highest BCUT2D eigenvalue weighted by atomic mass is 79.9. The molecule has 1 aliphatic rings. The Labute approximate surface area is 118 Å². The van der Waals surface area contributed by atoms with Gasteiger partial charge in [0.15, 0.2) is 0 Å². The number of hydrogen-bond acceptors (Lipinski definition) is 2. The van der Waals surface area contributed by atoms with Crippen molar-refractivity contribution in [1.29, 1.82) is 0 Å². The molecule has 5 heteroatoms. The van der Waals surface area contributed by atoms with Crippen molar-refractivity contribution >= 4 is 32.6 Å². The van der Waals surface area contributed by atoms with E-state index >= 15 is 0 Å². The molecule has 1 aromatic carbocycles. The van der Waals surface area contributed by atoms with Gasteiger partial charge in [0.05, 0.1) is 17.1 Å². The Bertz CT molecular complexity index is 520. The first-order chi connectivity index (χ1) is 8.38. The quantitative estimate of drug-likeness (QED) is 0.791. The van der Waals surface area contributed by atoms with Gasteiger partial charge < -0.3 is 4.74 Å². The molecule has 1 aromatic rings. The lowest BCUT2D eigenvalue weighted by Crippen LogP contribution is -2.23. The van der Waals surface area contributed by atoms with Gasteiger partial charge in [0.2, 0.25) is 0 Å². The van der Waals surface area contributed by atoms with E-state index in [9.17, 15) is 4.21 Å². The fourth-order valence-corrected chi connectivity index (χ4v) is 2.58. The van der Waals surface area contributed by atoms with Gasteiger partial charge in [0, 0.05) is 16.5 Å². The minimum atomic E-state index is -1.23. The molecule has 0 spiro atoms. The van der Waals surface area contributed by atoms with Gasteiger partial charge in [-0.3, -0.25) is 0 Å². The first-order valence-corrected chi connectivity index (χ1v) is 7.70. The van der Waals surface area contributed by atoms with Crippen molar-refractivity contribution in [3.05, 3.63) is 28.2 Å². The lowest BCUT2D eigenvalue weighted by Gasteiger charge is -2.21. The molecule has 1 atom stereocenters. The van der Waals surface area contributed by atoms with Crippen molar-refractivity contribution in [3.8, 4) is 5.75 Å². The van der Waals surface area contributed by atoms with E-state index in [1.54, 1.807) is 0 Å². The SMILES string of the molecule is CC(C)(C)[S@](=O)/N=C1\CCOc2cc(Br)ccc21. The van der Waals surface area contributed by atoms with Crippen LogP contribution >= 0.6 is 15.9 Å². The van der Waals surface area contributed by atoms with E-state index in [1.807, 2.05) is 39.0 Å². The lowest BCUT2D eigenvalue weighted by molar-refractivity contribution is 0.320. The maximum Gasteiger partial charge on any atom is 0.145 e. The van der Waals surface area contributed by atoms with E-state index in [-0.39, 0.29) is 4.75 Å². The monoisotopic (exact) mass is 329 g/mol. The van der Waals surface area contributed by atoms with Gasteiger partial charge in [0.1, 0.15) is 16.7 Å². The van der Waals surface area contributed by atoms with Crippen LogP contribution in [0.5, 0.6) is 5.75 Å². The normalized spacial score (nSPS) is 19.2. The molecule has 0 aromatic heterocycles. The Balaban J connectivity index is 2.39. The smallest absolute Gasteiger partial charge is 0.145 e. The summed E-state index contributed by atoms with van der Waals surface area (Å²) in [6.45, 7) is 6.36. The zero-order valence-electron chi connectivity index (χ0n) is 10.7. The summed E-state index contributed by atoms with van der Waals surface area (Å²) >= 11 is 3.41. The second-order valence-electron chi connectivity index (χ2n) is 5.14. The second kappa shape index (κ2) is 5.13. The highest BCUT2D eigenvalue weighted by Gasteiger charge is 2.23. The van der Waals surface area contributed by atoms with Gasteiger partial charge in [0.25, 0.3) is 0 Å². The Morgan fingerprint density at radius 3 is 2.78 bits per heavy atom. The van der Waals surface area contributed by atoms with E-state index in [0.717, 1.165) is 21.5 Å². The average Bonchev–Trinajstić information content (AvgIpc) is 2.27. The summed E-state index contributed by atoms with van der Waals surface area (Å²) in [6.07, 6.45) is 0.705. The summed E-state index contributed by atoms with van der Waals surface area (Å²) in [6, 6.07) is 5.82. The third-order valence-electron chi connectivity index (χ3n) is 2.57. The Kier molecular flexibility index (Phi) is 3.92. The molecular weight excluding hydrogens is 314 g/mol. The van der Waals surface area contributed by atoms with Crippen LogP contribution in [0.15, 0.2) is 27.1 Å². The molecule has 0 radical (unpaired) electrons. The van der Waals surface area contributed by atoms with Gasteiger partial charge in [-0.25, -0.2) is 4.21 Å². The molecule has 18 heavy (non-hydrogen) atoms. The van der Waals surface area contributed by atoms with Crippen LogP contribution in [0.4, 0.5) is 0 Å². The van der Waals surface area contributed by atoms with Crippen molar-refractivity contribution in [1.82, 2.24) is 0 Å². The fraction of sp³-hybridized carbons (Fsp3) is 0.462. The summed E-state index contributed by atoms with van der Waals surface area (Å²) in [5, 5.41) is 0. The topological polar surface area (TPSA) is 38.7 Å². The molecule has 0 unspecified atom stereocenters. The molecule has 98 valence electrons. The highest BCUT2D eigenvalue weighted by Crippen LogP contribution is 2.29. The molecule has 0 saturated heterocycles. The molecule has 1 aliphatic heterocycles. The molecule has 0 N–H and O–H groups in total. The standard InChI is InChI=1S/C13H16BrNO2S/c1-13(2,3)18(16)15-11-6-7-17-12-8-9(14)4-5-10(11)12/h4-5,8H,6-7H2,1-3H3/b15-11+/t18-/m0/s1. The van der Waals surface area contributed by atoms with Crippen LogP contribution in [-0.2, 0) is 11.0 Å². The van der Waals surface area contributed by atoms with E-state index in [4.69, 9.17) is 4.74 Å². The first kappa shape index (κ1) is 13.7. The summed E-state index contributed by atoms with van der Waals surface area (Å²) in [5.41, 5.74) is 1.82. The summed E-state index contributed by atoms with van der Waals surface area (Å²) in [5.74, 6) is 0.806. The molecule has 0 fully saturated rings. The number of hydrogen-bond donors (Lipinski definition) is 0. The number of benzene rings is 1. The van der Waals surface area contributed by atoms with Crippen molar-refractivity contribution in [2.24, 2.45) is 4.40 Å². The third-order valence-corrected chi connectivity index (χ3v) is 4.50. The average molecular weight is 330 g/mol. The van der Waals surface area contributed by atoms with Crippen molar-refractivity contribution in [2.45, 2.75) is 31.9 Å². The summed E-state index contributed by atoms with van der Waals surface area (Å²) in [7, 11) is -1.23. The summed E-state index contributed by atoms with van der Waals surface area (Å²) in [4.78, 5) is 0. The molecule has 0 saturated carbocycles. The number of rotatable bonds is 1. The number of fused-ring (bicyclic) bond motifs is 1. The minimum absolute atomic E-state index is 0.333. The maximum atomic E-state index is 12.1. The Morgan fingerprint density at radius 1 is 1.39 bits per heavy atom. The third kappa shape index (κ3) is 3.01. The molecule has 0 aliphatic carbocycles. The maximum absolute atomic E-state index is 12.1. The van der Waals surface area contributed by atoms with Crippen molar-refractivity contribution < 1.29 is 8.95 Å². The van der Waals surface area contributed by atoms with E-state index < -0.39 is 11.0 Å². The van der Waals surface area contributed by atoms with Crippen LogP contribution in [0.3, 0.4) is 0 Å². The molecular formula is C13H16BrNO2S. The van der Waals surface area contributed by atoms with Gasteiger partial charge in [-0.1, -0.05) is 15.9 Å². The predicted molar refractivity (Wildman–Crippen MR) is 78.7 cm³/mol. The van der Waals surface area contributed by atoms with Crippen LogP contribution in [0.25, 0.3) is 0 Å². The number of nitrogens with zero attached hydrogens (tertiary/aromatic N) is 1. The van der Waals surface area contributed by atoms with Crippen molar-refractivity contribution in [3.63, 3.8) is 0 Å². The molecule has 1 heterocycles. The zero-order chi connectivity index (χ0) is 13.3. The van der Waals surface area contributed by atoms with E-state index in [0.29, 0.717) is 13.0 Å². The molecule has 2 rings (SSSR count). The second-order valence-corrected chi connectivity index (χ2v) is 7.96. The first-order valence-electron chi connectivity index (χ1n) is 5.80. The zero-order valence-corrected chi connectivity index (χ0v) is 13.1. The number of ether oxygens (including phenoxy) is 1. The molecule has 3 nitrogen and oxygen atoms in total. The van der Waals surface area contributed by atoms with Crippen LogP contribution < -0.4 is 4.74 Å². The minimum Gasteiger partial charge on any atom is -0.492 e. The lowest BCUT2D eigenvalue weighted by atomic mass is 10.0. The van der Waals surface area contributed by atoms with Crippen molar-refractivity contribution in [2.75, 3.05) is 6.61 Å². The fourth-order valence-electron chi connectivity index (χ4n) is 1.58. The molecule has 0 amide bonds. The van der Waals surface area contributed by atoms with Gasteiger partial charge in [-0.2, -0.15) is 4.40 Å². The van der Waals surface area contributed by atoms with Crippen LogP contribution in [0, 0.1) is 0 Å². The largest absolute Gasteiger partial charge is 0.492 e. The Hall–Kier alpha value is -0.680. The number of halogens is 1. The molecule has 0 bridgehead atoms. The predicted octanol–water partition coefficient (Wildman–Crippen LogP) is 3.48. The van der Waals surface area contributed by atoms with E-state index in [1.165, 1.54) is 0 Å². The van der Waals surface area contributed by atoms with Crippen LogP contribution in [-0.4, -0.2) is 21.3 Å².